The lowest BCUT2D eigenvalue weighted by Gasteiger charge is -2.28. The molecule has 1 amide bonds. The summed E-state index contributed by atoms with van der Waals surface area (Å²) in [6.07, 6.45) is 1.62. The van der Waals surface area contributed by atoms with Crippen LogP contribution in [-0.4, -0.2) is 25.7 Å². The number of nitrogens with one attached hydrogen (secondary N) is 2. The van der Waals surface area contributed by atoms with Crippen molar-refractivity contribution in [2.45, 2.75) is 19.6 Å². The smallest absolute Gasteiger partial charge is 0.257 e. The van der Waals surface area contributed by atoms with Gasteiger partial charge in [0.15, 0.2) is 5.82 Å². The number of halogens is 1. The molecule has 1 unspecified atom stereocenters. The molecule has 0 radical (unpaired) electrons. The predicted molar refractivity (Wildman–Crippen MR) is 150 cm³/mol. The molecule has 198 valence electrons. The van der Waals surface area contributed by atoms with Crippen LogP contribution in [0.5, 0.6) is 5.75 Å². The Bertz CT molecular complexity index is 1670. The fraction of sp³-hybridized carbons (Fsp3) is 0.0968. The standard InChI is InChI=1S/C31H25FN6O2/c1-20-27(30(39)35-26-9-5-6-18-33-26)28(22-12-16-25(17-13-22)40-19-21-7-3-2-4-8-21)38-31(34-20)36-29(37-38)23-10-14-24(32)15-11-23/h2-18,28H,19H2,1H3,(H,33,35,39)(H,34,36,37). The third kappa shape index (κ3) is 5.17. The summed E-state index contributed by atoms with van der Waals surface area (Å²) in [5.74, 6) is 1.36. The Labute approximate surface area is 230 Å². The number of pyridine rings is 1. The van der Waals surface area contributed by atoms with Crippen molar-refractivity contribution in [2.24, 2.45) is 0 Å². The van der Waals surface area contributed by atoms with Gasteiger partial charge in [-0.15, -0.1) is 5.10 Å². The monoisotopic (exact) mass is 532 g/mol. The molecule has 2 aromatic heterocycles. The van der Waals surface area contributed by atoms with Crippen LogP contribution in [-0.2, 0) is 11.4 Å². The van der Waals surface area contributed by atoms with Gasteiger partial charge in [-0.25, -0.2) is 14.1 Å². The number of hydrogen-bond acceptors (Lipinski definition) is 6. The minimum absolute atomic E-state index is 0.317. The van der Waals surface area contributed by atoms with Crippen LogP contribution in [0.2, 0.25) is 0 Å². The quantitative estimate of drug-likeness (QED) is 0.268. The number of carbonyl (C=O) groups excluding carboxylic acids is 1. The molecule has 0 aliphatic carbocycles. The van der Waals surface area contributed by atoms with Gasteiger partial charge in [-0.05, 0) is 66.6 Å². The molecule has 2 N–H and O–H groups in total. The van der Waals surface area contributed by atoms with Crippen molar-refractivity contribution in [1.82, 2.24) is 19.7 Å². The van der Waals surface area contributed by atoms with Gasteiger partial charge < -0.3 is 15.4 Å². The van der Waals surface area contributed by atoms with Crippen LogP contribution in [0.15, 0.2) is 115 Å². The van der Waals surface area contributed by atoms with Crippen LogP contribution in [0.4, 0.5) is 16.2 Å². The third-order valence-electron chi connectivity index (χ3n) is 6.55. The van der Waals surface area contributed by atoms with Gasteiger partial charge in [-0.2, -0.15) is 4.98 Å². The molecular weight excluding hydrogens is 507 g/mol. The Morgan fingerprint density at radius 2 is 1.73 bits per heavy atom. The first kappa shape index (κ1) is 25.0. The number of allylic oxidation sites excluding steroid dienone is 1. The fourth-order valence-electron chi connectivity index (χ4n) is 4.58. The van der Waals surface area contributed by atoms with E-state index < -0.39 is 6.04 Å². The second kappa shape index (κ2) is 10.8. The summed E-state index contributed by atoms with van der Waals surface area (Å²) in [5, 5.41) is 10.8. The summed E-state index contributed by atoms with van der Waals surface area (Å²) in [6, 6.07) is 28.2. The van der Waals surface area contributed by atoms with E-state index in [9.17, 15) is 9.18 Å². The van der Waals surface area contributed by atoms with Crippen LogP contribution in [0.1, 0.15) is 24.1 Å². The maximum Gasteiger partial charge on any atom is 0.257 e. The van der Waals surface area contributed by atoms with E-state index in [0.29, 0.717) is 46.8 Å². The van der Waals surface area contributed by atoms with Gasteiger partial charge in [-0.3, -0.25) is 4.79 Å². The second-order valence-corrected chi connectivity index (χ2v) is 9.29. The van der Waals surface area contributed by atoms with Gasteiger partial charge >= 0.3 is 0 Å². The minimum Gasteiger partial charge on any atom is -0.489 e. The SMILES string of the molecule is CC1=C(C(=O)Nc2ccccn2)C(c2ccc(OCc3ccccc3)cc2)n2nc(-c3ccc(F)cc3)nc2N1. The average molecular weight is 533 g/mol. The number of amides is 1. The number of nitrogens with zero attached hydrogens (tertiary/aromatic N) is 4. The summed E-state index contributed by atoms with van der Waals surface area (Å²) < 4.78 is 21.2. The zero-order valence-corrected chi connectivity index (χ0v) is 21.6. The van der Waals surface area contributed by atoms with E-state index in [2.05, 4.69) is 20.6 Å². The average Bonchev–Trinajstić information content (AvgIpc) is 3.40. The number of anilines is 2. The normalized spacial score (nSPS) is 14.3. The molecule has 8 nitrogen and oxygen atoms in total. The Hall–Kier alpha value is -5.31. The molecule has 5 aromatic rings. The summed E-state index contributed by atoms with van der Waals surface area (Å²) in [4.78, 5) is 22.5. The molecule has 1 atom stereocenters. The van der Waals surface area contributed by atoms with Crippen LogP contribution in [0.25, 0.3) is 11.4 Å². The van der Waals surface area contributed by atoms with Crippen molar-refractivity contribution in [3.63, 3.8) is 0 Å². The minimum atomic E-state index is -0.593. The van der Waals surface area contributed by atoms with Gasteiger partial charge in [0, 0.05) is 17.5 Å². The summed E-state index contributed by atoms with van der Waals surface area (Å²) >= 11 is 0. The molecule has 40 heavy (non-hydrogen) atoms. The van der Waals surface area contributed by atoms with Crippen LogP contribution >= 0.6 is 0 Å². The maximum atomic E-state index is 13.6. The highest BCUT2D eigenvalue weighted by Crippen LogP contribution is 2.37. The van der Waals surface area contributed by atoms with E-state index in [-0.39, 0.29) is 11.7 Å². The highest BCUT2D eigenvalue weighted by molar-refractivity contribution is 6.05. The lowest BCUT2D eigenvalue weighted by atomic mass is 9.95. The van der Waals surface area contributed by atoms with Crippen LogP contribution in [0, 0.1) is 5.82 Å². The maximum absolute atomic E-state index is 13.6. The third-order valence-corrected chi connectivity index (χ3v) is 6.55. The van der Waals surface area contributed by atoms with E-state index in [1.165, 1.54) is 12.1 Å². The molecule has 6 rings (SSSR count). The van der Waals surface area contributed by atoms with Crippen LogP contribution in [0.3, 0.4) is 0 Å². The van der Waals surface area contributed by atoms with Gasteiger partial charge in [0.05, 0.1) is 5.57 Å². The molecular formula is C31H25FN6O2. The zero-order valence-electron chi connectivity index (χ0n) is 21.6. The van der Waals surface area contributed by atoms with E-state index in [4.69, 9.17) is 9.84 Å². The first-order valence-electron chi connectivity index (χ1n) is 12.7. The van der Waals surface area contributed by atoms with Crippen molar-refractivity contribution in [1.29, 1.82) is 0 Å². The molecule has 9 heteroatoms. The summed E-state index contributed by atoms with van der Waals surface area (Å²) in [6.45, 7) is 2.27. The molecule has 1 aliphatic heterocycles. The van der Waals surface area contributed by atoms with Gasteiger partial charge in [0.2, 0.25) is 5.95 Å². The number of benzene rings is 3. The number of fused-ring (bicyclic) bond motifs is 1. The highest BCUT2D eigenvalue weighted by atomic mass is 19.1. The number of carbonyl (C=O) groups is 1. The summed E-state index contributed by atoms with van der Waals surface area (Å²) in [7, 11) is 0. The Kier molecular flexibility index (Phi) is 6.76. The van der Waals surface area contributed by atoms with Crippen LogP contribution < -0.4 is 15.4 Å². The summed E-state index contributed by atoms with van der Waals surface area (Å²) in [5.41, 5.74) is 3.64. The Morgan fingerprint density at radius 1 is 0.975 bits per heavy atom. The zero-order chi connectivity index (χ0) is 27.5. The number of aromatic nitrogens is 4. The lowest BCUT2D eigenvalue weighted by molar-refractivity contribution is -0.113. The molecule has 0 saturated carbocycles. The second-order valence-electron chi connectivity index (χ2n) is 9.29. The Morgan fingerprint density at radius 3 is 2.45 bits per heavy atom. The van der Waals surface area contributed by atoms with E-state index in [1.54, 1.807) is 41.2 Å². The van der Waals surface area contributed by atoms with Gasteiger partial charge in [0.25, 0.3) is 5.91 Å². The molecule has 0 fully saturated rings. The fourth-order valence-corrected chi connectivity index (χ4v) is 4.58. The molecule has 0 spiro atoms. The predicted octanol–water partition coefficient (Wildman–Crippen LogP) is 5.99. The van der Waals surface area contributed by atoms with E-state index in [1.807, 2.05) is 61.5 Å². The van der Waals surface area contributed by atoms with Crippen molar-refractivity contribution >= 4 is 17.7 Å². The number of rotatable bonds is 7. The van der Waals surface area contributed by atoms with E-state index >= 15 is 0 Å². The van der Waals surface area contributed by atoms with Gasteiger partial charge in [0.1, 0.15) is 30.0 Å². The van der Waals surface area contributed by atoms with Crippen molar-refractivity contribution in [3.05, 3.63) is 131 Å². The molecule has 3 heterocycles. The number of hydrogen-bond donors (Lipinski definition) is 2. The molecule has 3 aromatic carbocycles. The van der Waals surface area contributed by atoms with Crippen molar-refractivity contribution in [2.75, 3.05) is 10.6 Å². The molecule has 1 aliphatic rings. The van der Waals surface area contributed by atoms with Crippen molar-refractivity contribution in [3.8, 4) is 17.1 Å². The van der Waals surface area contributed by atoms with Crippen molar-refractivity contribution < 1.29 is 13.9 Å². The topological polar surface area (TPSA) is 94.0 Å². The molecule has 0 saturated heterocycles. The molecule has 0 bridgehead atoms. The first-order valence-corrected chi connectivity index (χ1v) is 12.7. The Balaban J connectivity index is 1.35. The van der Waals surface area contributed by atoms with E-state index in [0.717, 1.165) is 11.1 Å². The highest BCUT2D eigenvalue weighted by Gasteiger charge is 2.34. The number of ether oxygens (including phenoxy) is 1. The largest absolute Gasteiger partial charge is 0.489 e. The van der Waals surface area contributed by atoms with Gasteiger partial charge in [-0.1, -0.05) is 48.5 Å². The first-order chi connectivity index (χ1) is 19.5. The lowest BCUT2D eigenvalue weighted by Crippen LogP contribution is -2.31.